The highest BCUT2D eigenvalue weighted by Crippen LogP contribution is 2.31. The zero-order valence-corrected chi connectivity index (χ0v) is 12.9. The van der Waals surface area contributed by atoms with Gasteiger partial charge >= 0.3 is 5.97 Å². The Morgan fingerprint density at radius 1 is 1.27 bits per heavy atom. The van der Waals surface area contributed by atoms with Gasteiger partial charge in [-0.25, -0.2) is 4.79 Å². The minimum Gasteiger partial charge on any atom is -0.475 e. The molecule has 0 radical (unpaired) electrons. The van der Waals surface area contributed by atoms with Crippen molar-refractivity contribution in [1.82, 2.24) is 5.32 Å². The summed E-state index contributed by atoms with van der Waals surface area (Å²) in [7, 11) is 0. The first-order valence-corrected chi connectivity index (χ1v) is 6.87. The molecular weight excluding hydrogens is 328 g/mol. The van der Waals surface area contributed by atoms with Crippen LogP contribution in [0.2, 0.25) is 5.02 Å². The van der Waals surface area contributed by atoms with Crippen molar-refractivity contribution in [3.8, 4) is 11.3 Å². The zero-order valence-electron chi connectivity index (χ0n) is 11.3. The van der Waals surface area contributed by atoms with Crippen molar-refractivity contribution >= 4 is 46.5 Å². The number of halogens is 1. The van der Waals surface area contributed by atoms with E-state index in [1.165, 1.54) is 19.1 Å². The Bertz CT molecular complexity index is 757. The number of nitrogens with one attached hydrogen (secondary N) is 2. The Hall–Kier alpha value is -2.38. The van der Waals surface area contributed by atoms with E-state index in [4.69, 9.17) is 33.3 Å². The van der Waals surface area contributed by atoms with Crippen LogP contribution in [-0.2, 0) is 4.79 Å². The summed E-state index contributed by atoms with van der Waals surface area (Å²) in [5.74, 6) is -1.25. The Balaban J connectivity index is 2.20. The molecule has 0 aliphatic heterocycles. The van der Waals surface area contributed by atoms with Crippen LogP contribution < -0.4 is 10.6 Å². The molecule has 1 heterocycles. The molecule has 0 saturated heterocycles. The lowest BCUT2D eigenvalue weighted by Crippen LogP contribution is -2.32. The summed E-state index contributed by atoms with van der Waals surface area (Å²) >= 11 is 11.1. The van der Waals surface area contributed by atoms with E-state index in [0.717, 1.165) is 0 Å². The Morgan fingerprint density at radius 3 is 2.55 bits per heavy atom. The minimum absolute atomic E-state index is 0.155. The quantitative estimate of drug-likeness (QED) is 0.745. The molecule has 1 aromatic heterocycles. The van der Waals surface area contributed by atoms with Crippen molar-refractivity contribution in [3.05, 3.63) is 41.1 Å². The molecule has 3 N–H and O–H groups in total. The van der Waals surface area contributed by atoms with Gasteiger partial charge in [0.1, 0.15) is 5.76 Å². The fourth-order valence-corrected chi connectivity index (χ4v) is 2.25. The highest BCUT2D eigenvalue weighted by atomic mass is 35.5. The number of thiocarbonyl (C=S) groups is 1. The Kier molecular flexibility index (Phi) is 4.79. The number of carboxylic acid groups (broad SMARTS) is 1. The molecule has 114 valence electrons. The van der Waals surface area contributed by atoms with Gasteiger partial charge in [0.05, 0.1) is 5.02 Å². The predicted molar refractivity (Wildman–Crippen MR) is 86.2 cm³/mol. The molecule has 1 aromatic carbocycles. The molecule has 0 spiro atoms. The van der Waals surface area contributed by atoms with Gasteiger partial charge in [-0.15, -0.1) is 0 Å². The lowest BCUT2D eigenvalue weighted by Gasteiger charge is -2.09. The molecule has 0 atom stereocenters. The first kappa shape index (κ1) is 16.0. The molecule has 0 fully saturated rings. The lowest BCUT2D eigenvalue weighted by molar-refractivity contribution is -0.117. The van der Waals surface area contributed by atoms with Gasteiger partial charge in [0.25, 0.3) is 0 Å². The van der Waals surface area contributed by atoms with Crippen molar-refractivity contribution in [3.63, 3.8) is 0 Å². The van der Waals surface area contributed by atoms with E-state index in [9.17, 15) is 9.59 Å². The number of carboxylic acids is 1. The van der Waals surface area contributed by atoms with E-state index in [2.05, 4.69) is 10.6 Å². The highest BCUT2D eigenvalue weighted by Gasteiger charge is 2.13. The van der Waals surface area contributed by atoms with Crippen molar-refractivity contribution in [2.45, 2.75) is 6.92 Å². The van der Waals surface area contributed by atoms with Crippen LogP contribution in [0, 0.1) is 0 Å². The number of rotatable bonds is 3. The van der Waals surface area contributed by atoms with E-state index in [1.54, 1.807) is 18.2 Å². The summed E-state index contributed by atoms with van der Waals surface area (Å²) in [6.45, 7) is 1.35. The van der Waals surface area contributed by atoms with Crippen LogP contribution in [0.25, 0.3) is 11.3 Å². The first-order valence-electron chi connectivity index (χ1n) is 6.08. The summed E-state index contributed by atoms with van der Waals surface area (Å²) in [6, 6.07) is 7.81. The van der Waals surface area contributed by atoms with Crippen LogP contribution in [0.5, 0.6) is 0 Å². The lowest BCUT2D eigenvalue weighted by atomic mass is 10.1. The van der Waals surface area contributed by atoms with E-state index in [0.29, 0.717) is 22.0 Å². The number of benzene rings is 1. The number of anilines is 1. The molecule has 22 heavy (non-hydrogen) atoms. The van der Waals surface area contributed by atoms with Crippen LogP contribution in [0.15, 0.2) is 34.7 Å². The average molecular weight is 339 g/mol. The molecule has 0 aliphatic rings. The second-order valence-electron chi connectivity index (χ2n) is 4.30. The summed E-state index contributed by atoms with van der Waals surface area (Å²) < 4.78 is 5.20. The normalized spacial score (nSPS) is 10.1. The molecule has 6 nitrogen and oxygen atoms in total. The van der Waals surface area contributed by atoms with Gasteiger partial charge in [-0.05, 0) is 42.5 Å². The van der Waals surface area contributed by atoms with Crippen LogP contribution in [0.3, 0.4) is 0 Å². The molecule has 0 aliphatic carbocycles. The summed E-state index contributed by atoms with van der Waals surface area (Å²) in [4.78, 5) is 21.7. The number of aromatic carboxylic acids is 1. The van der Waals surface area contributed by atoms with E-state index in [-0.39, 0.29) is 16.8 Å². The second-order valence-corrected chi connectivity index (χ2v) is 5.11. The van der Waals surface area contributed by atoms with E-state index in [1.807, 2.05) is 0 Å². The molecule has 2 aromatic rings. The number of carbonyl (C=O) groups is 2. The molecule has 0 unspecified atom stereocenters. The number of hydrogen-bond donors (Lipinski definition) is 3. The average Bonchev–Trinajstić information content (AvgIpc) is 2.87. The third-order valence-corrected chi connectivity index (χ3v) is 3.12. The SMILES string of the molecule is CC(=O)NC(=S)Nc1ccc(-c2ccc(C(=O)O)o2)c(Cl)c1. The number of furan rings is 1. The monoisotopic (exact) mass is 338 g/mol. The molecule has 2 rings (SSSR count). The smallest absolute Gasteiger partial charge is 0.371 e. The topological polar surface area (TPSA) is 91.6 Å². The van der Waals surface area contributed by atoms with Gasteiger partial charge < -0.3 is 20.2 Å². The minimum atomic E-state index is -1.15. The van der Waals surface area contributed by atoms with Crippen LogP contribution in [-0.4, -0.2) is 22.1 Å². The number of amides is 1. The van der Waals surface area contributed by atoms with Gasteiger partial charge in [0, 0.05) is 18.2 Å². The van der Waals surface area contributed by atoms with Gasteiger partial charge in [-0.2, -0.15) is 0 Å². The van der Waals surface area contributed by atoms with E-state index >= 15 is 0 Å². The standard InChI is InChI=1S/C14H11ClN2O4S/c1-7(18)16-14(22)17-8-2-3-9(10(15)6-8)11-4-5-12(21-11)13(19)20/h2-6H,1H3,(H,19,20)(H2,16,17,18,22). The fourth-order valence-electron chi connectivity index (χ4n) is 1.71. The molecule has 0 bridgehead atoms. The third-order valence-electron chi connectivity index (χ3n) is 2.60. The van der Waals surface area contributed by atoms with Gasteiger partial charge in [0.2, 0.25) is 11.7 Å². The van der Waals surface area contributed by atoms with Gasteiger partial charge in [0.15, 0.2) is 5.11 Å². The number of carbonyl (C=O) groups excluding carboxylic acids is 1. The van der Waals surface area contributed by atoms with Crippen molar-refractivity contribution in [2.24, 2.45) is 0 Å². The largest absolute Gasteiger partial charge is 0.475 e. The second kappa shape index (κ2) is 6.59. The van der Waals surface area contributed by atoms with Gasteiger partial charge in [-0.1, -0.05) is 11.6 Å². The molecule has 8 heteroatoms. The highest BCUT2D eigenvalue weighted by molar-refractivity contribution is 7.80. The fraction of sp³-hybridized carbons (Fsp3) is 0.0714. The van der Waals surface area contributed by atoms with Crippen molar-refractivity contribution in [1.29, 1.82) is 0 Å². The summed E-state index contributed by atoms with van der Waals surface area (Å²) in [5, 5.41) is 14.6. The Morgan fingerprint density at radius 2 is 2.00 bits per heavy atom. The number of hydrogen-bond acceptors (Lipinski definition) is 4. The maximum atomic E-state index is 10.9. The summed E-state index contributed by atoms with van der Waals surface area (Å²) in [6.07, 6.45) is 0. The van der Waals surface area contributed by atoms with Crippen LogP contribution in [0.1, 0.15) is 17.5 Å². The molecule has 0 saturated carbocycles. The van der Waals surface area contributed by atoms with Crippen molar-refractivity contribution < 1.29 is 19.1 Å². The first-order chi connectivity index (χ1) is 10.4. The molecular formula is C14H11ClN2O4S. The Labute approximate surface area is 136 Å². The van der Waals surface area contributed by atoms with Crippen LogP contribution >= 0.6 is 23.8 Å². The third kappa shape index (κ3) is 3.84. The van der Waals surface area contributed by atoms with Crippen molar-refractivity contribution in [2.75, 3.05) is 5.32 Å². The molecule has 1 amide bonds. The van der Waals surface area contributed by atoms with Gasteiger partial charge in [-0.3, -0.25) is 4.79 Å². The zero-order chi connectivity index (χ0) is 16.3. The predicted octanol–water partition coefficient (Wildman–Crippen LogP) is 3.13. The maximum Gasteiger partial charge on any atom is 0.371 e. The summed E-state index contributed by atoms with van der Waals surface area (Å²) in [5.41, 5.74) is 1.13. The maximum absolute atomic E-state index is 10.9. The van der Waals surface area contributed by atoms with E-state index < -0.39 is 5.97 Å². The van der Waals surface area contributed by atoms with Crippen LogP contribution in [0.4, 0.5) is 5.69 Å².